The van der Waals surface area contributed by atoms with E-state index in [0.717, 1.165) is 0 Å². The molecule has 6 heteroatoms. The molecule has 3 nitrogen and oxygen atoms in total. The van der Waals surface area contributed by atoms with Crippen molar-refractivity contribution in [2.75, 3.05) is 0 Å². The van der Waals surface area contributed by atoms with Crippen LogP contribution in [0.5, 0.6) is 0 Å². The van der Waals surface area contributed by atoms with Crippen molar-refractivity contribution in [3.8, 4) is 0 Å². The fourth-order valence-electron chi connectivity index (χ4n) is 0. The molecule has 0 aromatic heterocycles. The minimum atomic E-state index is -3.95. The molecule has 0 saturated carbocycles. The predicted octanol–water partition coefficient (Wildman–Crippen LogP) is -6.56. The summed E-state index contributed by atoms with van der Waals surface area (Å²) >= 11 is -3.95. The van der Waals surface area contributed by atoms with Crippen LogP contribution >= 0.6 is 0 Å². The zero-order chi connectivity index (χ0) is 3.58. The normalized spacial score (nSPS) is 4.17. The van der Waals surface area contributed by atoms with E-state index in [1.807, 2.05) is 0 Å². The molecule has 0 saturated heterocycles. The summed E-state index contributed by atoms with van der Waals surface area (Å²) in [7, 11) is 0. The summed E-state index contributed by atoms with van der Waals surface area (Å²) in [4.78, 5) is 0. The molecule has 0 amide bonds. The van der Waals surface area contributed by atoms with Gasteiger partial charge in [-0.3, -0.25) is 0 Å². The molecule has 0 rings (SSSR count). The van der Waals surface area contributed by atoms with Crippen molar-refractivity contribution in [1.82, 2.24) is 0 Å². The van der Waals surface area contributed by atoms with E-state index in [0.29, 0.717) is 0 Å². The Morgan fingerprint density at radius 3 is 1.50 bits per heavy atom. The maximum absolute atomic E-state index is 8.71. The summed E-state index contributed by atoms with van der Waals surface area (Å²) < 4.78 is 24.6. The molecule has 0 radical (unpaired) electrons. The van der Waals surface area contributed by atoms with Gasteiger partial charge in [-0.05, 0) is 0 Å². The standard InChI is InChI=1S/K.Na.Nb.H2O.2O.2H/h;;;1H2;;;;/q3*+1;;;;2*-1/p-1. The molecule has 0 aliphatic carbocycles. The Morgan fingerprint density at radius 2 is 1.50 bits per heavy atom. The van der Waals surface area contributed by atoms with E-state index in [2.05, 4.69) is 0 Å². The van der Waals surface area contributed by atoms with E-state index in [1.165, 1.54) is 0 Å². The van der Waals surface area contributed by atoms with Crippen LogP contribution in [0.4, 0.5) is 0 Å². The van der Waals surface area contributed by atoms with Crippen LogP contribution < -0.4 is 80.9 Å². The van der Waals surface area contributed by atoms with E-state index in [9.17, 15) is 0 Å². The molecule has 0 heterocycles. The Morgan fingerprint density at radius 1 is 1.50 bits per heavy atom. The Balaban J connectivity index is -0.00000000750. The van der Waals surface area contributed by atoms with E-state index >= 15 is 0 Å². The number of hydrogen-bond acceptors (Lipinski definition) is 2. The molecule has 28 valence electrons. The second kappa shape index (κ2) is 10.8. The fourth-order valence-corrected chi connectivity index (χ4v) is 0. The molecule has 1 N–H and O–H groups in total. The monoisotopic (exact) mass is 206 g/mol. The van der Waals surface area contributed by atoms with Crippen LogP contribution in [-0.2, 0) is 25.3 Å². The molecule has 0 aromatic carbocycles. The Kier molecular flexibility index (Phi) is 28.8. The van der Waals surface area contributed by atoms with Crippen LogP contribution in [0.3, 0.4) is 0 Å². The zero-order valence-corrected chi connectivity index (χ0v) is 11.0. The molecule has 0 unspecified atom stereocenters. The van der Waals surface area contributed by atoms with Crippen LogP contribution in [0.15, 0.2) is 0 Å². The van der Waals surface area contributed by atoms with Crippen LogP contribution in [0.2, 0.25) is 0 Å². The molecule has 6 heavy (non-hydrogen) atoms. The summed E-state index contributed by atoms with van der Waals surface area (Å²) in [6.45, 7) is 0. The molecule has 0 atom stereocenters. The van der Waals surface area contributed by atoms with E-state index in [1.54, 1.807) is 0 Å². The van der Waals surface area contributed by atoms with Gasteiger partial charge in [0.2, 0.25) is 0 Å². The first kappa shape index (κ1) is 16.0. The molecule has 0 aliphatic heterocycles. The van der Waals surface area contributed by atoms with Crippen LogP contribution in [-0.4, -0.2) is 3.61 Å². The Bertz CT molecular complexity index is 65.7. The first-order valence-corrected chi connectivity index (χ1v) is 3.34. The van der Waals surface area contributed by atoms with Gasteiger partial charge in [0, 0.05) is 0 Å². The van der Waals surface area contributed by atoms with Gasteiger partial charge in [0.25, 0.3) is 0 Å². The van der Waals surface area contributed by atoms with Crippen LogP contribution in [0, 0.1) is 0 Å². The van der Waals surface area contributed by atoms with Crippen molar-refractivity contribution in [3.63, 3.8) is 0 Å². The van der Waals surface area contributed by atoms with E-state index in [4.69, 9.17) is 10.1 Å². The Labute approximate surface area is 110 Å². The molecule has 0 fully saturated rings. The molecule has 0 spiro atoms. The van der Waals surface area contributed by atoms with Gasteiger partial charge in [-0.2, -0.15) is 0 Å². The summed E-state index contributed by atoms with van der Waals surface area (Å²) in [5, 5.41) is 0. The first-order valence-electron chi connectivity index (χ1n) is 0.565. The van der Waals surface area contributed by atoms with Gasteiger partial charge in [0.1, 0.15) is 0 Å². The van der Waals surface area contributed by atoms with Gasteiger partial charge in [-0.15, -0.1) is 0 Å². The van der Waals surface area contributed by atoms with E-state index < -0.39 is 18.8 Å². The summed E-state index contributed by atoms with van der Waals surface area (Å²) in [5.74, 6) is 0. The van der Waals surface area contributed by atoms with Crippen molar-refractivity contribution in [2.45, 2.75) is 0 Å². The van der Waals surface area contributed by atoms with Crippen molar-refractivity contribution in [1.29, 1.82) is 0 Å². The first-order chi connectivity index (χ1) is 1.73. The molecule has 0 aliphatic rings. The van der Waals surface area contributed by atoms with Crippen molar-refractivity contribution in [3.05, 3.63) is 0 Å². The van der Waals surface area contributed by atoms with Crippen LogP contribution in [0.25, 0.3) is 0 Å². The van der Waals surface area contributed by atoms with Gasteiger partial charge in [-0.25, -0.2) is 0 Å². The minimum absolute atomic E-state index is 0. The third-order valence-electron chi connectivity index (χ3n) is 0. The van der Waals surface area contributed by atoms with Gasteiger partial charge in [0.15, 0.2) is 0 Å². The van der Waals surface area contributed by atoms with Gasteiger partial charge < -0.3 is 2.85 Å². The summed E-state index contributed by atoms with van der Waals surface area (Å²) in [5.41, 5.74) is 0. The van der Waals surface area contributed by atoms with Gasteiger partial charge in [0.05, 0.1) is 0 Å². The molecular formula is H3KNaNbO3. The average molecular weight is 206 g/mol. The number of hydrogen-bond donors (Lipinski definition) is 1. The van der Waals surface area contributed by atoms with Gasteiger partial charge >= 0.3 is 110 Å². The molecule has 0 aromatic rings. The predicted molar refractivity (Wildman–Crippen MR) is 5.82 cm³/mol. The second-order valence-electron chi connectivity index (χ2n) is 0.238. The SMILES string of the molecule is [H-].[H-].[K+].[Na+].[O]=[Nb](=[O])[OH]. The van der Waals surface area contributed by atoms with Crippen molar-refractivity contribution < 1.29 is 113 Å². The van der Waals surface area contributed by atoms with Crippen molar-refractivity contribution in [2.24, 2.45) is 0 Å². The third-order valence-corrected chi connectivity index (χ3v) is 0. The second-order valence-corrected chi connectivity index (χ2v) is 1.41. The maximum atomic E-state index is 8.71. The molecule has 0 bridgehead atoms. The number of rotatable bonds is 0. The Hall–Kier alpha value is 2.94. The van der Waals surface area contributed by atoms with Gasteiger partial charge in [-0.1, -0.05) is 0 Å². The van der Waals surface area contributed by atoms with Crippen LogP contribution in [0.1, 0.15) is 2.85 Å². The topological polar surface area (TPSA) is 54.4 Å². The zero-order valence-electron chi connectivity index (χ0n) is 5.71. The average Bonchev–Trinajstić information content (AvgIpc) is 0.811. The third kappa shape index (κ3) is 28.3. The quantitative estimate of drug-likeness (QED) is 0.401. The summed E-state index contributed by atoms with van der Waals surface area (Å²) in [6, 6.07) is 0. The molecular weight excluding hydrogens is 203 g/mol. The van der Waals surface area contributed by atoms with Crippen molar-refractivity contribution >= 4 is 0 Å². The fraction of sp³-hybridized carbons (Fsp3) is 0. The summed E-state index contributed by atoms with van der Waals surface area (Å²) in [6.07, 6.45) is 0. The van der Waals surface area contributed by atoms with E-state index in [-0.39, 0.29) is 83.8 Å².